The van der Waals surface area contributed by atoms with E-state index in [4.69, 9.17) is 0 Å². The summed E-state index contributed by atoms with van der Waals surface area (Å²) in [5.41, 5.74) is 4.98. The Morgan fingerprint density at radius 3 is 3.12 bits per heavy atom. The van der Waals surface area contributed by atoms with Crippen molar-refractivity contribution in [2.45, 2.75) is 57.4 Å². The van der Waals surface area contributed by atoms with Crippen LogP contribution in [-0.2, 0) is 6.42 Å². The van der Waals surface area contributed by atoms with Crippen LogP contribution in [0.1, 0.15) is 67.7 Å². The van der Waals surface area contributed by atoms with Crippen molar-refractivity contribution >= 4 is 0 Å². The van der Waals surface area contributed by atoms with Crippen molar-refractivity contribution in [3.05, 3.63) is 34.9 Å². The average Bonchev–Trinajstić information content (AvgIpc) is 2.57. The van der Waals surface area contributed by atoms with Crippen molar-refractivity contribution < 1.29 is 0 Å². The van der Waals surface area contributed by atoms with Crippen molar-refractivity contribution in [1.82, 2.24) is 5.32 Å². The molecule has 0 spiro atoms. The number of rotatable bonds is 2. The van der Waals surface area contributed by atoms with Gasteiger partial charge in [-0.25, -0.2) is 0 Å². The van der Waals surface area contributed by atoms with E-state index in [0.717, 1.165) is 5.92 Å². The van der Waals surface area contributed by atoms with Crippen LogP contribution in [0, 0.1) is 0 Å². The summed E-state index contributed by atoms with van der Waals surface area (Å²) in [6.45, 7) is 3.49. The lowest BCUT2D eigenvalue weighted by atomic mass is 9.81. The zero-order valence-electron chi connectivity index (χ0n) is 10.8. The minimum atomic E-state index is 0.615. The van der Waals surface area contributed by atoms with E-state index in [0.29, 0.717) is 6.04 Å². The van der Waals surface area contributed by atoms with Crippen molar-refractivity contribution in [2.24, 2.45) is 0 Å². The monoisotopic (exact) mass is 229 g/mol. The van der Waals surface area contributed by atoms with Crippen molar-refractivity contribution in [3.63, 3.8) is 0 Å². The van der Waals surface area contributed by atoms with E-state index in [1.807, 2.05) is 0 Å². The minimum Gasteiger partial charge on any atom is -0.309 e. The fraction of sp³-hybridized carbons (Fsp3) is 0.625. The maximum Gasteiger partial charge on any atom is 0.0323 e. The normalized spacial score (nSPS) is 27.4. The Kier molecular flexibility index (Phi) is 3.19. The highest BCUT2D eigenvalue weighted by Crippen LogP contribution is 2.39. The topological polar surface area (TPSA) is 12.0 Å². The molecule has 1 heteroatoms. The third-order valence-corrected chi connectivity index (χ3v) is 4.45. The van der Waals surface area contributed by atoms with Gasteiger partial charge in [0.1, 0.15) is 0 Å². The molecule has 0 aromatic heterocycles. The molecule has 3 rings (SSSR count). The summed E-state index contributed by atoms with van der Waals surface area (Å²) >= 11 is 0. The van der Waals surface area contributed by atoms with Crippen LogP contribution in [0.25, 0.3) is 0 Å². The number of hydrogen-bond acceptors (Lipinski definition) is 1. The van der Waals surface area contributed by atoms with Gasteiger partial charge in [0.05, 0.1) is 0 Å². The molecule has 1 aromatic rings. The maximum atomic E-state index is 3.77. The SMILES string of the molecule is CCCC1NCC2CCCCc3cccc1c32. The summed E-state index contributed by atoms with van der Waals surface area (Å²) in [4.78, 5) is 0. The first-order chi connectivity index (χ1) is 8.40. The van der Waals surface area contributed by atoms with E-state index in [1.54, 1.807) is 16.7 Å². The maximum absolute atomic E-state index is 3.77. The summed E-state index contributed by atoms with van der Waals surface area (Å²) in [6.07, 6.45) is 8.02. The summed E-state index contributed by atoms with van der Waals surface area (Å²) in [5.74, 6) is 0.789. The van der Waals surface area contributed by atoms with Gasteiger partial charge in [-0.05, 0) is 48.3 Å². The number of hydrogen-bond donors (Lipinski definition) is 1. The van der Waals surface area contributed by atoms with Crippen LogP contribution in [-0.4, -0.2) is 6.54 Å². The molecule has 0 radical (unpaired) electrons. The van der Waals surface area contributed by atoms with E-state index in [1.165, 1.54) is 45.1 Å². The highest BCUT2D eigenvalue weighted by molar-refractivity contribution is 5.42. The highest BCUT2D eigenvalue weighted by atomic mass is 14.9. The number of aryl methyl sites for hydroxylation is 1. The van der Waals surface area contributed by atoms with Gasteiger partial charge in [-0.1, -0.05) is 38.0 Å². The smallest absolute Gasteiger partial charge is 0.0323 e. The lowest BCUT2D eigenvalue weighted by Crippen LogP contribution is -2.33. The average molecular weight is 229 g/mol. The van der Waals surface area contributed by atoms with Gasteiger partial charge in [0.25, 0.3) is 0 Å². The van der Waals surface area contributed by atoms with Gasteiger partial charge in [0.15, 0.2) is 0 Å². The van der Waals surface area contributed by atoms with Gasteiger partial charge in [-0.2, -0.15) is 0 Å². The first-order valence-corrected chi connectivity index (χ1v) is 7.25. The quantitative estimate of drug-likeness (QED) is 0.810. The van der Waals surface area contributed by atoms with Crippen molar-refractivity contribution in [3.8, 4) is 0 Å². The molecule has 1 aliphatic carbocycles. The zero-order chi connectivity index (χ0) is 11.7. The van der Waals surface area contributed by atoms with Gasteiger partial charge in [-0.3, -0.25) is 0 Å². The van der Waals surface area contributed by atoms with Crippen LogP contribution < -0.4 is 5.32 Å². The minimum absolute atomic E-state index is 0.615. The Morgan fingerprint density at radius 2 is 2.24 bits per heavy atom. The van der Waals surface area contributed by atoms with Crippen LogP contribution >= 0.6 is 0 Å². The molecular weight excluding hydrogens is 206 g/mol. The fourth-order valence-electron chi connectivity index (χ4n) is 3.65. The molecule has 1 N–H and O–H groups in total. The molecule has 0 fully saturated rings. The fourth-order valence-corrected chi connectivity index (χ4v) is 3.65. The van der Waals surface area contributed by atoms with Crippen LogP contribution in [0.4, 0.5) is 0 Å². The van der Waals surface area contributed by atoms with Crippen LogP contribution in [0.3, 0.4) is 0 Å². The third-order valence-electron chi connectivity index (χ3n) is 4.45. The van der Waals surface area contributed by atoms with E-state index in [2.05, 4.69) is 30.4 Å². The van der Waals surface area contributed by atoms with E-state index < -0.39 is 0 Å². The van der Waals surface area contributed by atoms with Crippen LogP contribution in [0.5, 0.6) is 0 Å². The molecule has 0 amide bonds. The number of nitrogens with one attached hydrogen (secondary N) is 1. The molecule has 2 aliphatic rings. The van der Waals surface area contributed by atoms with Crippen molar-refractivity contribution in [1.29, 1.82) is 0 Å². The predicted molar refractivity (Wildman–Crippen MR) is 72.4 cm³/mol. The van der Waals surface area contributed by atoms with Gasteiger partial charge in [0.2, 0.25) is 0 Å². The highest BCUT2D eigenvalue weighted by Gasteiger charge is 2.29. The molecule has 0 bridgehead atoms. The lowest BCUT2D eigenvalue weighted by molar-refractivity contribution is 0.417. The second-order valence-corrected chi connectivity index (χ2v) is 5.61. The first kappa shape index (κ1) is 11.3. The molecule has 2 atom stereocenters. The number of benzene rings is 1. The molecule has 0 saturated heterocycles. The molecule has 0 saturated carbocycles. The second-order valence-electron chi connectivity index (χ2n) is 5.61. The van der Waals surface area contributed by atoms with E-state index in [-0.39, 0.29) is 0 Å². The molecule has 1 aromatic carbocycles. The summed E-state index contributed by atoms with van der Waals surface area (Å²) in [5, 5.41) is 3.77. The van der Waals surface area contributed by atoms with E-state index in [9.17, 15) is 0 Å². The Morgan fingerprint density at radius 1 is 1.29 bits per heavy atom. The van der Waals surface area contributed by atoms with Crippen LogP contribution in [0.15, 0.2) is 18.2 Å². The van der Waals surface area contributed by atoms with Gasteiger partial charge < -0.3 is 5.32 Å². The van der Waals surface area contributed by atoms with E-state index >= 15 is 0 Å². The standard InChI is InChI=1S/C16H23N/c1-2-6-15-14-10-5-9-12-7-3-4-8-13(11-17-15)16(12)14/h5,9-10,13,15,17H,2-4,6-8,11H2,1H3. The van der Waals surface area contributed by atoms with Gasteiger partial charge >= 0.3 is 0 Å². The summed E-state index contributed by atoms with van der Waals surface area (Å²) < 4.78 is 0. The molecule has 1 aliphatic heterocycles. The van der Waals surface area contributed by atoms with Crippen LogP contribution in [0.2, 0.25) is 0 Å². The largest absolute Gasteiger partial charge is 0.309 e. The first-order valence-electron chi connectivity index (χ1n) is 7.25. The summed E-state index contributed by atoms with van der Waals surface area (Å²) in [6, 6.07) is 7.62. The Bertz CT molecular complexity index is 397. The third kappa shape index (κ3) is 2.01. The lowest BCUT2D eigenvalue weighted by Gasteiger charge is -2.33. The van der Waals surface area contributed by atoms with Crippen molar-refractivity contribution in [2.75, 3.05) is 6.54 Å². The zero-order valence-corrected chi connectivity index (χ0v) is 10.8. The van der Waals surface area contributed by atoms with Gasteiger partial charge in [-0.15, -0.1) is 0 Å². The molecule has 17 heavy (non-hydrogen) atoms. The molecule has 92 valence electrons. The van der Waals surface area contributed by atoms with Gasteiger partial charge in [0, 0.05) is 12.6 Å². The Labute approximate surface area is 105 Å². The molecule has 2 unspecified atom stereocenters. The Balaban J connectivity index is 2.04. The molecular formula is C16H23N. The Hall–Kier alpha value is -0.820. The summed E-state index contributed by atoms with van der Waals surface area (Å²) in [7, 11) is 0. The molecule has 1 heterocycles. The molecule has 1 nitrogen and oxygen atoms in total. The predicted octanol–water partition coefficient (Wildman–Crippen LogP) is 3.94. The second kappa shape index (κ2) is 4.81.